The van der Waals surface area contributed by atoms with Crippen LogP contribution in [0.5, 0.6) is 0 Å². The highest BCUT2D eigenvalue weighted by Gasteiger charge is 2.32. The van der Waals surface area contributed by atoms with E-state index in [1.807, 2.05) is 6.92 Å². The van der Waals surface area contributed by atoms with E-state index in [1.54, 1.807) is 6.07 Å². The van der Waals surface area contributed by atoms with Crippen LogP contribution in [0.25, 0.3) is 0 Å². The Balaban J connectivity index is 2.32. The van der Waals surface area contributed by atoms with Crippen LogP contribution in [0.2, 0.25) is 0 Å². The number of rotatable bonds is 1. The molecule has 0 radical (unpaired) electrons. The number of nitrogens with zero attached hydrogens (tertiary/aromatic N) is 2. The molecule has 1 aliphatic heterocycles. The number of likely N-dealkylation sites (tertiary alicyclic amines) is 1. The molecule has 0 amide bonds. The highest BCUT2D eigenvalue weighted by atomic mass is 16.1. The van der Waals surface area contributed by atoms with Crippen molar-refractivity contribution in [2.24, 2.45) is 0 Å². The summed E-state index contributed by atoms with van der Waals surface area (Å²) in [4.78, 5) is 21.0. The van der Waals surface area contributed by atoms with Gasteiger partial charge in [-0.3, -0.25) is 4.79 Å². The van der Waals surface area contributed by atoms with Gasteiger partial charge in [0.15, 0.2) is 0 Å². The molecule has 2 rings (SSSR count). The minimum atomic E-state index is -0.0392. The molecule has 1 saturated heterocycles. The second-order valence-electron chi connectivity index (χ2n) is 5.08. The van der Waals surface area contributed by atoms with Gasteiger partial charge in [-0.05, 0) is 39.9 Å². The van der Waals surface area contributed by atoms with Crippen molar-refractivity contribution in [3.63, 3.8) is 0 Å². The molecule has 0 bridgehead atoms. The summed E-state index contributed by atoms with van der Waals surface area (Å²) in [7, 11) is 2.13. The van der Waals surface area contributed by atoms with Gasteiger partial charge in [-0.15, -0.1) is 0 Å². The van der Waals surface area contributed by atoms with E-state index in [1.165, 1.54) is 0 Å². The number of hydrogen-bond donors (Lipinski definition) is 1. The van der Waals surface area contributed by atoms with Crippen LogP contribution < -0.4 is 5.56 Å². The third-order valence-electron chi connectivity index (χ3n) is 3.57. The molecule has 1 aliphatic rings. The molecular formula is C12H19N3O. The fourth-order valence-corrected chi connectivity index (χ4v) is 2.26. The molecule has 4 heteroatoms. The summed E-state index contributed by atoms with van der Waals surface area (Å²) in [5.74, 6) is 0.711. The first-order chi connectivity index (χ1) is 7.49. The normalized spacial score (nSPS) is 20.9. The molecule has 1 fully saturated rings. The first kappa shape index (κ1) is 11.3. The lowest BCUT2D eigenvalue weighted by Crippen LogP contribution is -2.40. The van der Waals surface area contributed by atoms with E-state index in [9.17, 15) is 4.79 Å². The molecule has 4 nitrogen and oxygen atoms in total. The fourth-order valence-electron chi connectivity index (χ4n) is 2.26. The highest BCUT2D eigenvalue weighted by Crippen LogP contribution is 2.32. The number of aryl methyl sites for hydroxylation is 1. The van der Waals surface area contributed by atoms with E-state index in [2.05, 4.69) is 28.8 Å². The smallest absolute Gasteiger partial charge is 0.251 e. The average Bonchev–Trinajstić information content (AvgIpc) is 2.21. The van der Waals surface area contributed by atoms with E-state index >= 15 is 0 Å². The van der Waals surface area contributed by atoms with E-state index < -0.39 is 0 Å². The zero-order valence-corrected chi connectivity index (χ0v) is 10.2. The summed E-state index contributed by atoms with van der Waals surface area (Å²) in [6.07, 6.45) is 2.14. The fraction of sp³-hybridized carbons (Fsp3) is 0.667. The zero-order chi connectivity index (χ0) is 11.8. The predicted molar refractivity (Wildman–Crippen MR) is 63.7 cm³/mol. The Bertz CT molecular complexity index is 430. The van der Waals surface area contributed by atoms with Crippen LogP contribution in [0.3, 0.4) is 0 Å². The maximum atomic E-state index is 11.5. The number of aromatic amines is 1. The van der Waals surface area contributed by atoms with Crippen molar-refractivity contribution in [2.75, 3.05) is 20.1 Å². The lowest BCUT2D eigenvalue weighted by Gasteiger charge is -2.37. The quantitative estimate of drug-likeness (QED) is 0.771. The lowest BCUT2D eigenvalue weighted by molar-refractivity contribution is 0.196. The van der Waals surface area contributed by atoms with Gasteiger partial charge in [-0.2, -0.15) is 0 Å². The largest absolute Gasteiger partial charge is 0.311 e. The van der Waals surface area contributed by atoms with E-state index in [-0.39, 0.29) is 11.0 Å². The van der Waals surface area contributed by atoms with E-state index in [0.717, 1.165) is 31.6 Å². The molecule has 1 aromatic rings. The topological polar surface area (TPSA) is 49.0 Å². The van der Waals surface area contributed by atoms with Crippen LogP contribution in [0.15, 0.2) is 10.9 Å². The van der Waals surface area contributed by atoms with Gasteiger partial charge >= 0.3 is 0 Å². The zero-order valence-electron chi connectivity index (χ0n) is 10.2. The summed E-state index contributed by atoms with van der Waals surface area (Å²) in [6, 6.07) is 1.65. The van der Waals surface area contributed by atoms with Gasteiger partial charge in [0.25, 0.3) is 5.56 Å². The minimum absolute atomic E-state index is 0.0392. The number of aromatic nitrogens is 2. The third kappa shape index (κ3) is 2.16. The molecule has 16 heavy (non-hydrogen) atoms. The van der Waals surface area contributed by atoms with Crippen LogP contribution in [-0.2, 0) is 5.41 Å². The molecule has 1 aromatic heterocycles. The first-order valence-electron chi connectivity index (χ1n) is 5.77. The van der Waals surface area contributed by atoms with Crippen LogP contribution >= 0.6 is 0 Å². The second kappa shape index (κ2) is 4.01. The molecule has 0 unspecified atom stereocenters. The van der Waals surface area contributed by atoms with Crippen molar-refractivity contribution in [1.29, 1.82) is 0 Å². The van der Waals surface area contributed by atoms with Crippen LogP contribution in [0.4, 0.5) is 0 Å². The van der Waals surface area contributed by atoms with Crippen molar-refractivity contribution >= 4 is 0 Å². The summed E-state index contributed by atoms with van der Waals surface area (Å²) >= 11 is 0. The van der Waals surface area contributed by atoms with Crippen LogP contribution in [-0.4, -0.2) is 35.0 Å². The summed E-state index contributed by atoms with van der Waals surface area (Å²) in [5, 5.41) is 0. The molecule has 0 aromatic carbocycles. The van der Waals surface area contributed by atoms with Crippen molar-refractivity contribution in [1.82, 2.24) is 14.9 Å². The predicted octanol–water partition coefficient (Wildman–Crippen LogP) is 1.06. The van der Waals surface area contributed by atoms with Gasteiger partial charge in [0, 0.05) is 11.5 Å². The van der Waals surface area contributed by atoms with Gasteiger partial charge in [0.1, 0.15) is 5.82 Å². The molecular weight excluding hydrogens is 202 g/mol. The average molecular weight is 221 g/mol. The van der Waals surface area contributed by atoms with Gasteiger partial charge in [0.2, 0.25) is 0 Å². The molecule has 2 heterocycles. The summed E-state index contributed by atoms with van der Waals surface area (Å²) in [5.41, 5.74) is 0.968. The van der Waals surface area contributed by atoms with Crippen molar-refractivity contribution in [3.05, 3.63) is 27.9 Å². The molecule has 1 N–H and O–H groups in total. The maximum absolute atomic E-state index is 11.5. The summed E-state index contributed by atoms with van der Waals surface area (Å²) in [6.45, 7) is 6.19. The second-order valence-corrected chi connectivity index (χ2v) is 5.08. The first-order valence-corrected chi connectivity index (χ1v) is 5.77. The van der Waals surface area contributed by atoms with Gasteiger partial charge in [0.05, 0.1) is 5.69 Å². The molecule has 0 saturated carbocycles. The molecule has 88 valence electrons. The van der Waals surface area contributed by atoms with Gasteiger partial charge in [-0.25, -0.2) is 4.98 Å². The Morgan fingerprint density at radius 3 is 2.62 bits per heavy atom. The van der Waals surface area contributed by atoms with E-state index in [4.69, 9.17) is 0 Å². The summed E-state index contributed by atoms with van der Waals surface area (Å²) < 4.78 is 0. The number of hydrogen-bond acceptors (Lipinski definition) is 3. The number of H-pyrrole nitrogens is 1. The third-order valence-corrected chi connectivity index (χ3v) is 3.57. The Labute approximate surface area is 95.7 Å². The molecule has 0 atom stereocenters. The SMILES string of the molecule is Cc1nc(C2(C)CCN(C)CC2)cc(=O)[nH]1. The minimum Gasteiger partial charge on any atom is -0.311 e. The van der Waals surface area contributed by atoms with E-state index in [0.29, 0.717) is 5.82 Å². The Hall–Kier alpha value is -1.16. The Morgan fingerprint density at radius 2 is 2.06 bits per heavy atom. The van der Waals surface area contributed by atoms with Crippen molar-refractivity contribution in [2.45, 2.75) is 32.1 Å². The van der Waals surface area contributed by atoms with Gasteiger partial charge in [-0.1, -0.05) is 6.92 Å². The number of nitrogens with one attached hydrogen (secondary N) is 1. The maximum Gasteiger partial charge on any atom is 0.251 e. The Morgan fingerprint density at radius 1 is 1.44 bits per heavy atom. The Kier molecular flexibility index (Phi) is 2.84. The van der Waals surface area contributed by atoms with Crippen molar-refractivity contribution < 1.29 is 0 Å². The highest BCUT2D eigenvalue weighted by molar-refractivity contribution is 5.16. The molecule has 0 spiro atoms. The van der Waals surface area contributed by atoms with Crippen LogP contribution in [0, 0.1) is 6.92 Å². The lowest BCUT2D eigenvalue weighted by atomic mass is 9.77. The van der Waals surface area contributed by atoms with Gasteiger partial charge < -0.3 is 9.88 Å². The molecule has 0 aliphatic carbocycles. The number of piperidine rings is 1. The van der Waals surface area contributed by atoms with Crippen LogP contribution in [0.1, 0.15) is 31.3 Å². The monoisotopic (exact) mass is 221 g/mol. The van der Waals surface area contributed by atoms with Crippen molar-refractivity contribution in [3.8, 4) is 0 Å². The standard InChI is InChI=1S/C12H19N3O/c1-9-13-10(8-11(16)14-9)12(2)4-6-15(3)7-5-12/h8H,4-7H2,1-3H3,(H,13,14,16).